The zero-order valence-corrected chi connectivity index (χ0v) is 16.0. The van der Waals surface area contributed by atoms with Crippen LogP contribution in [0.2, 0.25) is 0 Å². The monoisotopic (exact) mass is 375 g/mol. The molecule has 0 saturated heterocycles. The molecular formula is C23H21NO2S. The molecule has 0 bridgehead atoms. The molecule has 0 amide bonds. The van der Waals surface area contributed by atoms with Gasteiger partial charge in [0.1, 0.15) is 0 Å². The Kier molecular flexibility index (Phi) is 5.95. The van der Waals surface area contributed by atoms with Crippen LogP contribution >= 0.6 is 0 Å². The molecule has 0 fully saturated rings. The van der Waals surface area contributed by atoms with Crippen molar-refractivity contribution in [2.24, 2.45) is 0 Å². The minimum absolute atomic E-state index is 0.231. The Morgan fingerprint density at radius 2 is 1.41 bits per heavy atom. The molecule has 3 rings (SSSR count). The van der Waals surface area contributed by atoms with Gasteiger partial charge in [0.05, 0.1) is 10.6 Å². The van der Waals surface area contributed by atoms with Crippen LogP contribution in [-0.2, 0) is 16.4 Å². The molecule has 0 N–H and O–H groups in total. The van der Waals surface area contributed by atoms with Crippen molar-refractivity contribution in [2.75, 3.05) is 4.31 Å². The molecule has 136 valence electrons. The molecule has 0 atom stereocenters. The van der Waals surface area contributed by atoms with Gasteiger partial charge in [-0.25, -0.2) is 8.42 Å². The van der Waals surface area contributed by atoms with Crippen molar-refractivity contribution in [3.05, 3.63) is 96.1 Å². The summed E-state index contributed by atoms with van der Waals surface area (Å²) in [7, 11) is -3.76. The van der Waals surface area contributed by atoms with Crippen LogP contribution in [0.1, 0.15) is 17.5 Å². The van der Waals surface area contributed by atoms with Crippen LogP contribution in [0, 0.1) is 18.9 Å². The van der Waals surface area contributed by atoms with Crippen LogP contribution in [0.5, 0.6) is 0 Å². The average molecular weight is 375 g/mol. The van der Waals surface area contributed by atoms with Crippen molar-refractivity contribution in [2.45, 2.75) is 24.7 Å². The average Bonchev–Trinajstić information content (AvgIpc) is 2.69. The molecular weight excluding hydrogens is 354 g/mol. The molecule has 0 aromatic heterocycles. The quantitative estimate of drug-likeness (QED) is 0.475. The second-order valence-corrected chi connectivity index (χ2v) is 7.98. The molecule has 0 radical (unpaired) electrons. The zero-order chi connectivity index (χ0) is 19.1. The second kappa shape index (κ2) is 8.57. The Bertz CT molecular complexity index is 1030. The predicted molar refractivity (Wildman–Crippen MR) is 110 cm³/mol. The van der Waals surface area contributed by atoms with E-state index >= 15 is 0 Å². The van der Waals surface area contributed by atoms with Gasteiger partial charge in [-0.05, 0) is 43.2 Å². The van der Waals surface area contributed by atoms with E-state index in [1.54, 1.807) is 48.5 Å². The summed E-state index contributed by atoms with van der Waals surface area (Å²) in [6.45, 7) is 1.93. The maximum Gasteiger partial charge on any atom is 0.275 e. The lowest BCUT2D eigenvalue weighted by Crippen LogP contribution is -2.26. The number of rotatable bonds is 5. The summed E-state index contributed by atoms with van der Waals surface area (Å²) in [5.74, 6) is 3.02. The standard InChI is InChI=1S/C23H21NO2S/c1-20-15-17-23(18-16-20)27(25,26)24(22-13-6-3-7-14-22)19-9-8-12-21-10-4-2-5-11-21/h2-7,10-11,13-18H,8,12H2,1H3. The third-order valence-electron chi connectivity index (χ3n) is 4.11. The Morgan fingerprint density at radius 1 is 0.815 bits per heavy atom. The maximum absolute atomic E-state index is 13.1. The van der Waals surface area contributed by atoms with E-state index in [0.29, 0.717) is 12.1 Å². The highest BCUT2D eigenvalue weighted by molar-refractivity contribution is 7.93. The highest BCUT2D eigenvalue weighted by Gasteiger charge is 2.23. The molecule has 3 aromatic rings. The summed E-state index contributed by atoms with van der Waals surface area (Å²) >= 11 is 0. The third-order valence-corrected chi connectivity index (χ3v) is 5.76. The fourth-order valence-corrected chi connectivity index (χ4v) is 3.90. The van der Waals surface area contributed by atoms with E-state index in [9.17, 15) is 8.42 Å². The normalized spacial score (nSPS) is 10.7. The van der Waals surface area contributed by atoms with Gasteiger partial charge in [0.25, 0.3) is 10.0 Å². The first-order valence-corrected chi connectivity index (χ1v) is 10.2. The van der Waals surface area contributed by atoms with Crippen LogP contribution in [0.4, 0.5) is 5.69 Å². The minimum atomic E-state index is -3.76. The number of nitrogens with zero attached hydrogens (tertiary/aromatic N) is 1. The highest BCUT2D eigenvalue weighted by atomic mass is 32.2. The Labute approximate surface area is 161 Å². The van der Waals surface area contributed by atoms with Crippen LogP contribution < -0.4 is 4.31 Å². The maximum atomic E-state index is 13.1. The fourth-order valence-electron chi connectivity index (χ4n) is 2.62. The van der Waals surface area contributed by atoms with Crippen LogP contribution in [0.15, 0.2) is 89.8 Å². The van der Waals surface area contributed by atoms with E-state index < -0.39 is 10.0 Å². The number of aryl methyl sites for hydroxylation is 2. The highest BCUT2D eigenvalue weighted by Crippen LogP contribution is 2.23. The number of para-hydroxylation sites is 1. The molecule has 0 saturated carbocycles. The van der Waals surface area contributed by atoms with Gasteiger partial charge in [-0.3, -0.25) is 0 Å². The molecule has 0 heterocycles. The van der Waals surface area contributed by atoms with E-state index in [4.69, 9.17) is 0 Å². The summed E-state index contributed by atoms with van der Waals surface area (Å²) < 4.78 is 27.4. The van der Waals surface area contributed by atoms with Gasteiger partial charge in [0, 0.05) is 12.5 Å². The lowest BCUT2D eigenvalue weighted by atomic mass is 10.1. The molecule has 4 heteroatoms. The summed E-state index contributed by atoms with van der Waals surface area (Å²) in [4.78, 5) is 0.231. The second-order valence-electron chi connectivity index (χ2n) is 6.19. The third kappa shape index (κ3) is 4.78. The van der Waals surface area contributed by atoms with E-state index in [0.717, 1.165) is 12.0 Å². The zero-order valence-electron chi connectivity index (χ0n) is 15.2. The Balaban J connectivity index is 1.88. The van der Waals surface area contributed by atoms with Crippen LogP contribution in [0.3, 0.4) is 0 Å². The largest absolute Gasteiger partial charge is 0.275 e. The first kappa shape index (κ1) is 18.8. The molecule has 0 aliphatic carbocycles. The van der Waals surface area contributed by atoms with Crippen molar-refractivity contribution in [3.63, 3.8) is 0 Å². The van der Waals surface area contributed by atoms with E-state index in [2.05, 4.69) is 12.0 Å². The van der Waals surface area contributed by atoms with E-state index in [1.807, 2.05) is 43.3 Å². The molecule has 0 unspecified atom stereocenters. The smallest absolute Gasteiger partial charge is 0.200 e. The molecule has 3 aromatic carbocycles. The van der Waals surface area contributed by atoms with Gasteiger partial charge < -0.3 is 0 Å². The Hall–Kier alpha value is -3.03. The van der Waals surface area contributed by atoms with Gasteiger partial charge in [-0.15, -0.1) is 0 Å². The van der Waals surface area contributed by atoms with Crippen molar-refractivity contribution >= 4 is 15.7 Å². The number of anilines is 1. The number of sulfonamides is 1. The molecule has 0 aliphatic rings. The molecule has 27 heavy (non-hydrogen) atoms. The van der Waals surface area contributed by atoms with Gasteiger partial charge in [-0.1, -0.05) is 72.1 Å². The van der Waals surface area contributed by atoms with Crippen LogP contribution in [0.25, 0.3) is 0 Å². The van der Waals surface area contributed by atoms with Crippen molar-refractivity contribution in [3.8, 4) is 12.0 Å². The minimum Gasteiger partial charge on any atom is -0.200 e. The SMILES string of the molecule is Cc1ccc(S(=O)(=O)N(C#CCCc2ccccc2)c2ccccc2)cc1. The lowest BCUT2D eigenvalue weighted by molar-refractivity contribution is 0.596. The predicted octanol–water partition coefficient (Wildman–Crippen LogP) is 4.78. The summed E-state index contributed by atoms with van der Waals surface area (Å²) in [6, 6.07) is 28.7. The summed E-state index contributed by atoms with van der Waals surface area (Å²) in [5, 5.41) is 0. The first-order valence-electron chi connectivity index (χ1n) is 8.77. The fraction of sp³-hybridized carbons (Fsp3) is 0.130. The first-order chi connectivity index (χ1) is 13.1. The molecule has 0 aliphatic heterocycles. The van der Waals surface area contributed by atoms with E-state index in [1.165, 1.54) is 9.87 Å². The van der Waals surface area contributed by atoms with Gasteiger partial charge >= 0.3 is 0 Å². The van der Waals surface area contributed by atoms with Gasteiger partial charge in [0.15, 0.2) is 0 Å². The number of hydrogen-bond donors (Lipinski definition) is 0. The van der Waals surface area contributed by atoms with E-state index in [-0.39, 0.29) is 4.90 Å². The summed E-state index contributed by atoms with van der Waals surface area (Å²) in [5.41, 5.74) is 2.72. The summed E-state index contributed by atoms with van der Waals surface area (Å²) in [6.07, 6.45) is 1.36. The van der Waals surface area contributed by atoms with Gasteiger partial charge in [-0.2, -0.15) is 4.31 Å². The van der Waals surface area contributed by atoms with Crippen molar-refractivity contribution < 1.29 is 8.42 Å². The number of hydrogen-bond acceptors (Lipinski definition) is 2. The molecule has 0 spiro atoms. The molecule has 3 nitrogen and oxygen atoms in total. The van der Waals surface area contributed by atoms with Crippen molar-refractivity contribution in [1.82, 2.24) is 0 Å². The van der Waals surface area contributed by atoms with Crippen molar-refractivity contribution in [1.29, 1.82) is 0 Å². The van der Waals surface area contributed by atoms with Crippen LogP contribution in [-0.4, -0.2) is 8.42 Å². The lowest BCUT2D eigenvalue weighted by Gasteiger charge is -2.18. The topological polar surface area (TPSA) is 37.4 Å². The van der Waals surface area contributed by atoms with Gasteiger partial charge in [0.2, 0.25) is 0 Å². The Morgan fingerprint density at radius 3 is 2.04 bits per heavy atom. The number of benzene rings is 3.